The van der Waals surface area contributed by atoms with Crippen LogP contribution < -0.4 is 20.4 Å². The number of amides is 3. The van der Waals surface area contributed by atoms with Crippen molar-refractivity contribution in [1.82, 2.24) is 74.6 Å². The largest absolute Gasteiger partial charge is 0.397 e. The predicted octanol–water partition coefficient (Wildman–Crippen LogP) is 10.6. The lowest BCUT2D eigenvalue weighted by atomic mass is 10.2. The van der Waals surface area contributed by atoms with E-state index in [9.17, 15) is 34.6 Å². The van der Waals surface area contributed by atoms with Crippen molar-refractivity contribution in [2.45, 2.75) is 61.6 Å². The van der Waals surface area contributed by atoms with Gasteiger partial charge in [-0.15, -0.1) is 11.6 Å². The second kappa shape index (κ2) is 31.9. The van der Waals surface area contributed by atoms with E-state index >= 15 is 0 Å². The number of aromatic amines is 2. The van der Waals surface area contributed by atoms with E-state index in [0.717, 1.165) is 135 Å². The lowest BCUT2D eigenvalue weighted by Crippen LogP contribution is -2.49. The summed E-state index contributed by atoms with van der Waals surface area (Å²) in [5.41, 5.74) is 18.6. The number of aromatic nitrogens is 12. The molecule has 3 amide bonds. The number of rotatable bonds is 10. The molecule has 0 atom stereocenters. The summed E-state index contributed by atoms with van der Waals surface area (Å²) in [4.78, 5) is 86.2. The van der Waals surface area contributed by atoms with E-state index in [2.05, 4.69) is 83.4 Å². The van der Waals surface area contributed by atoms with E-state index in [1.165, 1.54) is 29.2 Å². The number of H-pyrrole nitrogens is 2. The lowest BCUT2D eigenvalue weighted by Gasteiger charge is -2.36. The molecule has 14 rings (SSSR count). The Bertz CT molecular complexity index is 4770. The van der Waals surface area contributed by atoms with Gasteiger partial charge in [-0.3, -0.25) is 44.8 Å². The Morgan fingerprint density at radius 3 is 1.28 bits per heavy atom. The number of benzene rings is 3. The molecule has 99 heavy (non-hydrogen) atoms. The Labute approximate surface area is 588 Å². The van der Waals surface area contributed by atoms with E-state index in [4.69, 9.17) is 52.1 Å². The fourth-order valence-corrected chi connectivity index (χ4v) is 12.0. The van der Waals surface area contributed by atoms with Crippen molar-refractivity contribution in [2.75, 3.05) is 105 Å². The van der Waals surface area contributed by atoms with Gasteiger partial charge in [0.15, 0.2) is 22.6 Å². The molecule has 3 aliphatic heterocycles. The minimum absolute atomic E-state index is 0.0167. The highest BCUT2D eigenvalue weighted by Gasteiger charge is 2.27. The number of halogens is 4. The quantitative estimate of drug-likeness (QED) is 0.0650. The summed E-state index contributed by atoms with van der Waals surface area (Å²) in [5.74, 6) is 0.0881. The van der Waals surface area contributed by atoms with Crippen LogP contribution in [0.1, 0.15) is 39.5 Å². The number of piperazine rings is 3. The number of carbonyl (C=O) groups excluding carboxylic acids is 3. The van der Waals surface area contributed by atoms with Gasteiger partial charge in [-0.25, -0.2) is 29.3 Å². The number of aryl methyl sites for hydroxylation is 7. The molecule has 4 N–H and O–H groups in total. The molecule has 11 heterocycles. The van der Waals surface area contributed by atoms with Crippen molar-refractivity contribution in [3.8, 4) is 0 Å². The molecule has 0 unspecified atom stereocenters. The Kier molecular flexibility index (Phi) is 23.1. The molecule has 32 heteroatoms. The summed E-state index contributed by atoms with van der Waals surface area (Å²) in [7, 11) is 0. The maximum Gasteiger partial charge on any atom is 0.288 e. The number of nitro groups is 2. The zero-order valence-corrected chi connectivity index (χ0v) is 58.5. The number of pyridine rings is 4. The third-order valence-corrected chi connectivity index (χ3v) is 18.7. The second-order valence-electron chi connectivity index (χ2n) is 23.9. The molecule has 0 aliphatic carbocycles. The van der Waals surface area contributed by atoms with Crippen LogP contribution in [0.25, 0.3) is 44.1 Å². The third-order valence-electron chi connectivity index (χ3n) is 17.2. The second-order valence-corrected chi connectivity index (χ2v) is 25.4. The average molecular weight is 1430 g/mol. The normalized spacial score (nSPS) is 13.8. The van der Waals surface area contributed by atoms with Gasteiger partial charge in [0.2, 0.25) is 17.7 Å². The molecule has 11 aromatic rings. The van der Waals surface area contributed by atoms with Crippen molar-refractivity contribution in [1.29, 1.82) is 0 Å². The summed E-state index contributed by atoms with van der Waals surface area (Å²) in [5, 5.41) is 49.2. The van der Waals surface area contributed by atoms with E-state index in [-0.39, 0.29) is 48.1 Å². The average Bonchev–Trinajstić information content (AvgIpc) is 1.57. The molecule has 0 saturated carbocycles. The molecule has 0 spiro atoms. The van der Waals surface area contributed by atoms with Crippen LogP contribution in [0.4, 0.5) is 34.1 Å². The smallest absolute Gasteiger partial charge is 0.288 e. The lowest BCUT2D eigenvalue weighted by molar-refractivity contribution is -0.385. The summed E-state index contributed by atoms with van der Waals surface area (Å²) >= 11 is 23.8. The maximum absolute atomic E-state index is 12.8. The minimum Gasteiger partial charge on any atom is -0.397 e. The van der Waals surface area contributed by atoms with E-state index in [1.807, 2.05) is 104 Å². The predicted molar refractivity (Wildman–Crippen MR) is 385 cm³/mol. The third kappa shape index (κ3) is 17.4. The summed E-state index contributed by atoms with van der Waals surface area (Å²) in [6.07, 6.45) is 5.72. The molecule has 3 aliphatic rings. The number of nitrogen functional groups attached to an aromatic ring is 1. The number of hydrogen-bond acceptors (Lipinski definition) is 19. The van der Waals surface area contributed by atoms with Crippen molar-refractivity contribution in [2.24, 2.45) is 0 Å². The first kappa shape index (κ1) is 71.5. The van der Waals surface area contributed by atoms with Crippen LogP contribution in [-0.4, -0.2) is 187 Å². The molecule has 8 aromatic heterocycles. The van der Waals surface area contributed by atoms with Gasteiger partial charge in [-0.1, -0.05) is 34.8 Å². The van der Waals surface area contributed by atoms with Gasteiger partial charge in [0.25, 0.3) is 11.4 Å². The van der Waals surface area contributed by atoms with Gasteiger partial charge >= 0.3 is 0 Å². The summed E-state index contributed by atoms with van der Waals surface area (Å²) in [6, 6.07) is 26.7. The van der Waals surface area contributed by atoms with Crippen LogP contribution in [0.2, 0.25) is 15.1 Å². The minimum atomic E-state index is -0.490. The number of anilines is 4. The molecule has 3 saturated heterocycles. The first-order valence-corrected chi connectivity index (χ1v) is 33.3. The van der Waals surface area contributed by atoms with E-state index in [1.54, 1.807) is 30.9 Å². The van der Waals surface area contributed by atoms with Gasteiger partial charge in [0.1, 0.15) is 31.4 Å². The number of fused-ring (bicyclic) bond motifs is 4. The number of hydrogen-bond donors (Lipinski definition) is 3. The van der Waals surface area contributed by atoms with Gasteiger partial charge < -0.3 is 35.1 Å². The van der Waals surface area contributed by atoms with E-state index in [0.29, 0.717) is 65.3 Å². The van der Waals surface area contributed by atoms with E-state index < -0.39 is 9.85 Å². The number of carbonyl (C=O) groups is 3. The number of alkyl halides is 1. The van der Waals surface area contributed by atoms with Crippen LogP contribution >= 0.6 is 46.4 Å². The molecule has 516 valence electrons. The molecule has 0 radical (unpaired) electrons. The molecule has 0 bridgehead atoms. The fourth-order valence-electron chi connectivity index (χ4n) is 11.5. The highest BCUT2D eigenvalue weighted by atomic mass is 35.5. The van der Waals surface area contributed by atoms with Gasteiger partial charge in [-0.2, -0.15) is 20.4 Å². The van der Waals surface area contributed by atoms with Crippen molar-refractivity contribution in [3.63, 3.8) is 0 Å². The van der Waals surface area contributed by atoms with Crippen LogP contribution in [0.3, 0.4) is 0 Å². The van der Waals surface area contributed by atoms with Crippen LogP contribution in [0, 0.1) is 68.7 Å². The standard InChI is InChI=1S/C20H21ClN6O3.C20H23ClN6O.C13H16Cl2N2O.C7H6N4O2.C7H7N3/c1-13-9-15(3-4-18(13)21)24-5-7-25(8-6-24)19(28)12-26-20-17(14(2)23-26)10-16(11-22-20)27(29)30;1-13-9-16(3-4-18(13)21)25-5-7-26(8-6-25)19(28)12-27-20-17(14(2)24-27)10-15(22)11-23-20;1-10-8-11(2-3-12(10)15)16-4-6-17(7-5-16)13(18)9-14;1-4-6-2-5(11(12)13)3-8-7(6)10-9-4;1-5-6-3-2-4-8-7(6)10-9-5/h3-4,9-11H,5-8,12H2,1-2H3;3-4,9-11H,5-8,12,22H2,1-2H3;2-3,8H,4-7,9H2,1H3;2-3H,1H3,(H,8,9,10);2-4H,1H3,(H,8,9,10). The first-order chi connectivity index (χ1) is 47.4. The zero-order valence-electron chi connectivity index (χ0n) is 55.5. The number of nitrogens with two attached hydrogens (primary N) is 1. The summed E-state index contributed by atoms with van der Waals surface area (Å²) < 4.78 is 3.19. The van der Waals surface area contributed by atoms with Crippen LogP contribution in [0.15, 0.2) is 110 Å². The molecule has 3 fully saturated rings. The Morgan fingerprint density at radius 2 is 0.869 bits per heavy atom. The van der Waals surface area contributed by atoms with Crippen LogP contribution in [0.5, 0.6) is 0 Å². The Balaban J connectivity index is 0.000000141. The van der Waals surface area contributed by atoms with Crippen molar-refractivity contribution >= 4 is 142 Å². The Morgan fingerprint density at radius 1 is 0.485 bits per heavy atom. The first-order valence-electron chi connectivity index (χ1n) is 31.6. The fraction of sp³-hybridized carbons (Fsp3) is 0.328. The highest BCUT2D eigenvalue weighted by molar-refractivity contribution is 6.32. The SMILES string of the molecule is Cc1[nH]nc2ncc([N+](=O)[O-])cc12.Cc1[nH]nc2ncccc12.Cc1cc(N2CCN(C(=O)CCl)CC2)ccc1Cl.Cc1cc(N2CCN(C(=O)Cn3nc(C)c4cc(N)cnc43)CC2)ccc1Cl.Cc1cc(N2CCN(C(=O)Cn3nc(C)c4cc([N+](=O)[O-])cnc43)CC2)ccc1Cl. The van der Waals surface area contributed by atoms with Crippen LogP contribution in [-0.2, 0) is 27.5 Å². The van der Waals surface area contributed by atoms with Gasteiger partial charge in [0.05, 0.1) is 33.1 Å². The number of nitrogens with zero attached hydrogens (tertiary/aromatic N) is 18. The zero-order chi connectivity index (χ0) is 70.8. The highest BCUT2D eigenvalue weighted by Crippen LogP contribution is 2.29. The Hall–Kier alpha value is -10.3. The van der Waals surface area contributed by atoms with Gasteiger partial charge in [0, 0.05) is 162 Å². The summed E-state index contributed by atoms with van der Waals surface area (Å²) in [6.45, 7) is 22.4. The molecule has 3 aromatic carbocycles. The number of nitrogens with one attached hydrogen (secondary N) is 2. The monoisotopic (exact) mass is 1420 g/mol. The van der Waals surface area contributed by atoms with Crippen molar-refractivity contribution in [3.05, 3.63) is 184 Å². The topological polar surface area (TPSA) is 328 Å². The molecule has 28 nitrogen and oxygen atoms in total. The van der Waals surface area contributed by atoms with Crippen molar-refractivity contribution < 1.29 is 24.2 Å². The maximum atomic E-state index is 12.8. The molecular weight excluding hydrogens is 1350 g/mol. The van der Waals surface area contributed by atoms with Gasteiger partial charge in [-0.05, 0) is 138 Å². The molecular formula is C67H73Cl4N21O7.